The van der Waals surface area contributed by atoms with E-state index >= 15 is 0 Å². The van der Waals surface area contributed by atoms with Crippen LogP contribution in [0.4, 0.5) is 16.7 Å². The number of carbonyl (C=O) groups excluding carboxylic acids is 1. The molecule has 3 rings (SSSR count). The average Bonchev–Trinajstić information content (AvgIpc) is 2.98. The molecule has 1 aromatic carbocycles. The highest BCUT2D eigenvalue weighted by atomic mass is 16.6. The fourth-order valence-corrected chi connectivity index (χ4v) is 2.65. The minimum atomic E-state index is -0.415. The van der Waals surface area contributed by atoms with Crippen molar-refractivity contribution in [1.82, 2.24) is 15.0 Å². The highest BCUT2D eigenvalue weighted by Gasteiger charge is 2.38. The van der Waals surface area contributed by atoms with Gasteiger partial charge < -0.3 is 10.1 Å². The second-order valence-corrected chi connectivity index (χ2v) is 6.14. The molecule has 1 amide bonds. The molecule has 0 spiro atoms. The van der Waals surface area contributed by atoms with Crippen molar-refractivity contribution in [3.8, 4) is 0 Å². The number of nitrogens with zero attached hydrogens (tertiary/aromatic N) is 4. The Bertz CT molecular complexity index is 707. The number of cyclic esters (lactones) is 1. The number of anilines is 2. The molecule has 24 heavy (non-hydrogen) atoms. The van der Waals surface area contributed by atoms with E-state index in [0.717, 1.165) is 5.56 Å². The zero-order chi connectivity index (χ0) is 17.1. The Labute approximate surface area is 141 Å². The Balaban J connectivity index is 1.80. The number of benzene rings is 1. The van der Waals surface area contributed by atoms with Crippen molar-refractivity contribution in [2.24, 2.45) is 5.92 Å². The smallest absolute Gasteiger partial charge is 0.417 e. The summed E-state index contributed by atoms with van der Waals surface area (Å²) in [5.74, 6) is 0.986. The molecule has 2 atom stereocenters. The van der Waals surface area contributed by atoms with Gasteiger partial charge in [-0.25, -0.2) is 19.7 Å². The first-order chi connectivity index (χ1) is 11.6. The molecule has 2 aromatic rings. The van der Waals surface area contributed by atoms with E-state index in [2.05, 4.69) is 20.3 Å². The summed E-state index contributed by atoms with van der Waals surface area (Å²) in [5, 5.41) is 3.24. The van der Waals surface area contributed by atoms with Gasteiger partial charge in [-0.05, 0) is 18.4 Å². The van der Waals surface area contributed by atoms with Crippen molar-refractivity contribution in [2.45, 2.75) is 32.9 Å². The number of ether oxygens (including phenoxy) is 1. The fraction of sp³-hybridized carbons (Fsp3) is 0.412. The zero-order valence-corrected chi connectivity index (χ0v) is 14.0. The molecule has 1 unspecified atom stereocenters. The molecule has 2 heterocycles. The first-order valence-electron chi connectivity index (χ1n) is 8.02. The topological polar surface area (TPSA) is 80.2 Å². The van der Waals surface area contributed by atoms with Crippen molar-refractivity contribution < 1.29 is 9.53 Å². The van der Waals surface area contributed by atoms with Crippen LogP contribution in [0, 0.1) is 5.92 Å². The number of nitrogens with one attached hydrogen (secondary N) is 1. The predicted octanol–water partition coefficient (Wildman–Crippen LogP) is 3.03. The normalized spacial score (nSPS) is 18.6. The van der Waals surface area contributed by atoms with Crippen molar-refractivity contribution in [1.29, 1.82) is 0 Å². The van der Waals surface area contributed by atoms with E-state index in [1.165, 1.54) is 11.2 Å². The van der Waals surface area contributed by atoms with Gasteiger partial charge in [-0.15, -0.1) is 0 Å². The van der Waals surface area contributed by atoms with E-state index in [-0.39, 0.29) is 18.0 Å². The van der Waals surface area contributed by atoms with Gasteiger partial charge in [-0.2, -0.15) is 4.98 Å². The summed E-state index contributed by atoms with van der Waals surface area (Å²) in [6.45, 7) is 6.46. The molecule has 0 aliphatic carbocycles. The van der Waals surface area contributed by atoms with Crippen molar-refractivity contribution >= 4 is 18.0 Å². The summed E-state index contributed by atoms with van der Waals surface area (Å²) in [5.41, 5.74) is 1.13. The summed E-state index contributed by atoms with van der Waals surface area (Å²) in [6.07, 6.45) is 0.993. The molecule has 1 saturated heterocycles. The second-order valence-electron chi connectivity index (χ2n) is 6.14. The zero-order valence-electron chi connectivity index (χ0n) is 14.0. The molecule has 126 valence electrons. The van der Waals surface area contributed by atoms with Gasteiger partial charge in [-0.1, -0.05) is 44.2 Å². The van der Waals surface area contributed by atoms with Gasteiger partial charge in [0, 0.05) is 0 Å². The molecule has 1 aliphatic heterocycles. The van der Waals surface area contributed by atoms with Gasteiger partial charge in [-0.3, -0.25) is 0 Å². The summed E-state index contributed by atoms with van der Waals surface area (Å²) in [4.78, 5) is 26.2. The molecule has 1 aromatic heterocycles. The summed E-state index contributed by atoms with van der Waals surface area (Å²) < 4.78 is 5.15. The summed E-state index contributed by atoms with van der Waals surface area (Å²) in [6, 6.07) is 9.98. The van der Waals surface area contributed by atoms with Crippen LogP contribution in [-0.4, -0.2) is 33.7 Å². The molecule has 7 heteroatoms. The number of aromatic nitrogens is 3. The lowest BCUT2D eigenvalue weighted by atomic mass is 10.1. The van der Waals surface area contributed by atoms with Crippen LogP contribution in [0.5, 0.6) is 0 Å². The summed E-state index contributed by atoms with van der Waals surface area (Å²) >= 11 is 0. The van der Waals surface area contributed by atoms with Crippen LogP contribution in [0.2, 0.25) is 0 Å². The summed E-state index contributed by atoms with van der Waals surface area (Å²) in [7, 11) is 0. The minimum absolute atomic E-state index is 0.0351. The second kappa shape index (κ2) is 6.82. The first kappa shape index (κ1) is 16.2. The monoisotopic (exact) mass is 327 g/mol. The van der Waals surface area contributed by atoms with Gasteiger partial charge >= 0.3 is 6.09 Å². The lowest BCUT2D eigenvalue weighted by Gasteiger charge is -2.22. The number of rotatable bonds is 5. The maximum Gasteiger partial charge on any atom is 0.417 e. The quantitative estimate of drug-likeness (QED) is 0.909. The lowest BCUT2D eigenvalue weighted by Crippen LogP contribution is -2.38. The van der Waals surface area contributed by atoms with Gasteiger partial charge in [0.2, 0.25) is 11.9 Å². The van der Waals surface area contributed by atoms with Gasteiger partial charge in [0.25, 0.3) is 0 Å². The van der Waals surface area contributed by atoms with Crippen LogP contribution in [0.25, 0.3) is 0 Å². The highest BCUT2D eigenvalue weighted by Crippen LogP contribution is 2.25. The Hall–Kier alpha value is -2.70. The minimum Gasteiger partial charge on any atom is -0.447 e. The Morgan fingerprint density at radius 1 is 1.21 bits per heavy atom. The van der Waals surface area contributed by atoms with E-state index in [0.29, 0.717) is 18.5 Å². The largest absolute Gasteiger partial charge is 0.447 e. The number of hydrogen-bond donors (Lipinski definition) is 1. The first-order valence-corrected chi connectivity index (χ1v) is 8.02. The van der Waals surface area contributed by atoms with Crippen LogP contribution in [0.3, 0.4) is 0 Å². The SMILES string of the molecule is CC(Nc1ncnc(N2C(=O)OC[C@@H]2C(C)C)n1)c1ccccc1. The van der Waals surface area contributed by atoms with Crippen molar-refractivity contribution in [2.75, 3.05) is 16.8 Å². The molecular weight excluding hydrogens is 306 g/mol. The number of carbonyl (C=O) groups is 1. The van der Waals surface area contributed by atoms with Crippen LogP contribution in [-0.2, 0) is 4.74 Å². The van der Waals surface area contributed by atoms with Crippen LogP contribution < -0.4 is 10.2 Å². The van der Waals surface area contributed by atoms with E-state index in [1.54, 1.807) is 0 Å². The Kier molecular flexibility index (Phi) is 4.59. The number of hydrogen-bond acceptors (Lipinski definition) is 6. The van der Waals surface area contributed by atoms with E-state index < -0.39 is 6.09 Å². The lowest BCUT2D eigenvalue weighted by molar-refractivity contribution is 0.177. The maximum atomic E-state index is 12.0. The van der Waals surface area contributed by atoms with Crippen molar-refractivity contribution in [3.63, 3.8) is 0 Å². The molecule has 1 aliphatic rings. The van der Waals surface area contributed by atoms with Crippen LogP contribution >= 0.6 is 0 Å². The molecule has 0 radical (unpaired) electrons. The third-order valence-corrected chi connectivity index (χ3v) is 4.10. The third kappa shape index (κ3) is 3.29. The van der Waals surface area contributed by atoms with Crippen LogP contribution in [0.15, 0.2) is 36.7 Å². The van der Waals surface area contributed by atoms with Crippen LogP contribution in [0.1, 0.15) is 32.4 Å². The highest BCUT2D eigenvalue weighted by molar-refractivity contribution is 5.88. The van der Waals surface area contributed by atoms with E-state index in [4.69, 9.17) is 4.74 Å². The fourth-order valence-electron chi connectivity index (χ4n) is 2.65. The molecular formula is C17H21N5O2. The van der Waals surface area contributed by atoms with E-state index in [1.807, 2.05) is 51.1 Å². The molecule has 1 N–H and O–H groups in total. The maximum absolute atomic E-state index is 12.0. The average molecular weight is 327 g/mol. The molecule has 7 nitrogen and oxygen atoms in total. The Morgan fingerprint density at radius 3 is 2.67 bits per heavy atom. The predicted molar refractivity (Wildman–Crippen MR) is 90.8 cm³/mol. The molecule has 0 bridgehead atoms. The van der Waals surface area contributed by atoms with Crippen molar-refractivity contribution in [3.05, 3.63) is 42.2 Å². The van der Waals surface area contributed by atoms with E-state index in [9.17, 15) is 4.79 Å². The van der Waals surface area contributed by atoms with Gasteiger partial charge in [0.15, 0.2) is 0 Å². The van der Waals surface area contributed by atoms with Gasteiger partial charge in [0.05, 0.1) is 12.1 Å². The standard InChI is InChI=1S/C17H21N5O2/c1-11(2)14-9-24-17(23)22(14)16-19-10-18-15(21-16)20-12(3)13-7-5-4-6-8-13/h4-8,10-12,14H,9H2,1-3H3,(H,18,19,20,21)/t12?,14-/m1/s1. The Morgan fingerprint density at radius 2 is 1.96 bits per heavy atom. The number of amides is 1. The third-order valence-electron chi connectivity index (χ3n) is 4.10. The molecule has 1 fully saturated rings. The molecule has 0 saturated carbocycles. The van der Waals surface area contributed by atoms with Gasteiger partial charge in [0.1, 0.15) is 12.9 Å².